The summed E-state index contributed by atoms with van der Waals surface area (Å²) in [6, 6.07) is 10.4. The van der Waals surface area contributed by atoms with Gasteiger partial charge in [0.2, 0.25) is 0 Å². The minimum Gasteiger partial charge on any atom is -0.493 e. The molecule has 1 N–H and O–H groups in total. The van der Waals surface area contributed by atoms with Crippen LogP contribution in [0, 0.1) is 0 Å². The number of hydrogen-bond acceptors (Lipinski definition) is 5. The topological polar surface area (TPSA) is 84.9 Å². The molecule has 0 saturated carbocycles. The Balaban J connectivity index is 1.98. The molecule has 4 amide bonds. The van der Waals surface area contributed by atoms with Crippen molar-refractivity contribution in [2.24, 2.45) is 0 Å². The van der Waals surface area contributed by atoms with Crippen LogP contribution in [0.3, 0.4) is 0 Å². The molecule has 7 nitrogen and oxygen atoms in total. The molecular weight excluding hydrogens is 396 g/mol. The molecular formula is C21H17ClN2O5. The number of halogens is 1. The highest BCUT2D eigenvalue weighted by molar-refractivity contribution is 6.42. The van der Waals surface area contributed by atoms with Gasteiger partial charge in [-0.2, -0.15) is 0 Å². The van der Waals surface area contributed by atoms with E-state index < -0.39 is 17.8 Å². The molecule has 0 aliphatic carbocycles. The number of rotatable bonds is 6. The predicted molar refractivity (Wildman–Crippen MR) is 109 cm³/mol. The number of nitrogens with one attached hydrogen (secondary N) is 1. The van der Waals surface area contributed by atoms with Crippen LogP contribution in [0.15, 0.2) is 60.7 Å². The number of benzene rings is 2. The van der Waals surface area contributed by atoms with Crippen LogP contribution in [0.1, 0.15) is 5.56 Å². The number of ether oxygens (including phenoxy) is 2. The van der Waals surface area contributed by atoms with Gasteiger partial charge in [-0.3, -0.25) is 14.9 Å². The van der Waals surface area contributed by atoms with Gasteiger partial charge >= 0.3 is 6.03 Å². The number of anilines is 1. The summed E-state index contributed by atoms with van der Waals surface area (Å²) in [6.07, 6.45) is 2.97. The molecule has 0 unspecified atom stereocenters. The number of methoxy groups -OCH3 is 1. The summed E-state index contributed by atoms with van der Waals surface area (Å²) in [6.45, 7) is 3.89. The molecule has 1 heterocycles. The van der Waals surface area contributed by atoms with E-state index in [0.717, 1.165) is 4.90 Å². The fourth-order valence-electron chi connectivity index (χ4n) is 2.72. The number of barbiturate groups is 1. The lowest BCUT2D eigenvalue weighted by Crippen LogP contribution is -2.54. The lowest BCUT2D eigenvalue weighted by Gasteiger charge is -2.27. The quantitative estimate of drug-likeness (QED) is 0.445. The normalized spacial score (nSPS) is 15.3. The van der Waals surface area contributed by atoms with Crippen molar-refractivity contribution >= 4 is 41.2 Å². The molecule has 2 aromatic carbocycles. The summed E-state index contributed by atoms with van der Waals surface area (Å²) in [5, 5.41) is 2.36. The van der Waals surface area contributed by atoms with E-state index in [2.05, 4.69) is 11.9 Å². The van der Waals surface area contributed by atoms with E-state index in [9.17, 15) is 14.4 Å². The van der Waals surface area contributed by atoms with E-state index >= 15 is 0 Å². The Hall–Kier alpha value is -3.58. The first-order valence-corrected chi connectivity index (χ1v) is 8.91. The molecule has 0 atom stereocenters. The van der Waals surface area contributed by atoms with Crippen LogP contribution < -0.4 is 19.7 Å². The molecule has 29 heavy (non-hydrogen) atoms. The van der Waals surface area contributed by atoms with Crippen molar-refractivity contribution in [2.45, 2.75) is 0 Å². The first kappa shape index (κ1) is 20.2. The Morgan fingerprint density at radius 1 is 1.14 bits per heavy atom. The summed E-state index contributed by atoms with van der Waals surface area (Å²) in [7, 11) is 1.48. The number of carbonyl (C=O) groups is 3. The van der Waals surface area contributed by atoms with Crippen LogP contribution in [-0.4, -0.2) is 31.6 Å². The van der Waals surface area contributed by atoms with E-state index in [4.69, 9.17) is 21.1 Å². The highest BCUT2D eigenvalue weighted by Gasteiger charge is 2.37. The maximum absolute atomic E-state index is 12.9. The van der Waals surface area contributed by atoms with E-state index in [0.29, 0.717) is 23.7 Å². The van der Waals surface area contributed by atoms with Crippen molar-refractivity contribution in [3.63, 3.8) is 0 Å². The van der Waals surface area contributed by atoms with Crippen LogP contribution in [-0.2, 0) is 9.59 Å². The second kappa shape index (κ2) is 8.62. The number of carbonyl (C=O) groups excluding carboxylic acids is 3. The van der Waals surface area contributed by atoms with Gasteiger partial charge in [0.25, 0.3) is 11.8 Å². The van der Waals surface area contributed by atoms with Gasteiger partial charge < -0.3 is 9.47 Å². The van der Waals surface area contributed by atoms with Crippen LogP contribution in [0.2, 0.25) is 5.02 Å². The molecule has 8 heteroatoms. The zero-order chi connectivity index (χ0) is 21.0. The number of nitrogens with zero attached hydrogens (tertiary/aromatic N) is 1. The van der Waals surface area contributed by atoms with Crippen LogP contribution >= 0.6 is 11.6 Å². The number of hydrogen-bond donors (Lipinski definition) is 1. The van der Waals surface area contributed by atoms with Gasteiger partial charge in [0, 0.05) is 0 Å². The van der Waals surface area contributed by atoms with Crippen molar-refractivity contribution in [3.05, 3.63) is 71.3 Å². The van der Waals surface area contributed by atoms with Crippen LogP contribution in [0.5, 0.6) is 11.5 Å². The fourth-order valence-corrected chi connectivity index (χ4v) is 2.94. The Morgan fingerprint density at radius 2 is 1.90 bits per heavy atom. The molecule has 1 aliphatic heterocycles. The zero-order valence-electron chi connectivity index (χ0n) is 15.5. The average Bonchev–Trinajstić information content (AvgIpc) is 2.71. The van der Waals surface area contributed by atoms with Gasteiger partial charge in [-0.25, -0.2) is 9.69 Å². The van der Waals surface area contributed by atoms with E-state index in [-0.39, 0.29) is 16.3 Å². The van der Waals surface area contributed by atoms with Crippen LogP contribution in [0.4, 0.5) is 10.5 Å². The van der Waals surface area contributed by atoms with Gasteiger partial charge in [0.05, 0.1) is 17.8 Å². The summed E-state index contributed by atoms with van der Waals surface area (Å²) in [4.78, 5) is 38.3. The highest BCUT2D eigenvalue weighted by atomic mass is 35.5. The molecule has 0 radical (unpaired) electrons. The third-order valence-corrected chi connectivity index (χ3v) is 4.37. The largest absolute Gasteiger partial charge is 0.493 e. The standard InChI is InChI=1S/C21H17ClN2O5/c1-3-10-29-17-9-8-13(12-18(17)28-2)11-14-19(25)23-21(27)24(20(14)26)16-7-5-4-6-15(16)22/h3-9,11-12H,1,10H2,2H3,(H,23,25,27)/b14-11+. The minimum atomic E-state index is -0.865. The fraction of sp³-hybridized carbons (Fsp3) is 0.0952. The van der Waals surface area contributed by atoms with Crippen molar-refractivity contribution in [3.8, 4) is 11.5 Å². The second-order valence-electron chi connectivity index (χ2n) is 5.92. The smallest absolute Gasteiger partial charge is 0.335 e. The van der Waals surface area contributed by atoms with E-state index in [1.807, 2.05) is 0 Å². The maximum atomic E-state index is 12.9. The summed E-state index contributed by atoms with van der Waals surface area (Å²) < 4.78 is 10.8. The zero-order valence-corrected chi connectivity index (χ0v) is 16.2. The van der Waals surface area contributed by atoms with Crippen LogP contribution in [0.25, 0.3) is 6.08 Å². The predicted octanol–water partition coefficient (Wildman–Crippen LogP) is 3.58. The first-order valence-electron chi connectivity index (χ1n) is 8.54. The summed E-state index contributed by atoms with van der Waals surface area (Å²) in [5.41, 5.74) is 0.479. The molecule has 0 aromatic heterocycles. The van der Waals surface area contributed by atoms with E-state index in [1.165, 1.54) is 19.3 Å². The van der Waals surface area contributed by atoms with Gasteiger partial charge in [-0.1, -0.05) is 42.5 Å². The monoisotopic (exact) mass is 412 g/mol. The number of para-hydroxylation sites is 1. The van der Waals surface area contributed by atoms with Gasteiger partial charge in [0.15, 0.2) is 11.5 Å². The lowest BCUT2D eigenvalue weighted by molar-refractivity contribution is -0.122. The first-order chi connectivity index (χ1) is 14.0. The maximum Gasteiger partial charge on any atom is 0.335 e. The average molecular weight is 413 g/mol. The number of urea groups is 1. The van der Waals surface area contributed by atoms with Gasteiger partial charge in [-0.05, 0) is 35.9 Å². The Labute approximate surface area is 172 Å². The van der Waals surface area contributed by atoms with Gasteiger partial charge in [0.1, 0.15) is 12.2 Å². The van der Waals surface area contributed by atoms with Crippen molar-refractivity contribution in [1.29, 1.82) is 0 Å². The molecule has 0 spiro atoms. The molecule has 0 bridgehead atoms. The molecule has 2 aromatic rings. The molecule has 148 valence electrons. The summed E-state index contributed by atoms with van der Waals surface area (Å²) in [5.74, 6) is -0.669. The summed E-state index contributed by atoms with van der Waals surface area (Å²) >= 11 is 6.12. The molecule has 1 fully saturated rings. The Kier molecular flexibility index (Phi) is 5.99. The molecule has 3 rings (SSSR count). The third-order valence-electron chi connectivity index (χ3n) is 4.05. The Bertz CT molecular complexity index is 1030. The van der Waals surface area contributed by atoms with E-state index in [1.54, 1.807) is 42.5 Å². The van der Waals surface area contributed by atoms with Crippen molar-refractivity contribution < 1.29 is 23.9 Å². The van der Waals surface area contributed by atoms with Crippen molar-refractivity contribution in [2.75, 3.05) is 18.6 Å². The SMILES string of the molecule is C=CCOc1ccc(/C=C2\C(=O)NC(=O)N(c3ccccc3Cl)C2=O)cc1OC. The number of imide groups is 2. The second-order valence-corrected chi connectivity index (χ2v) is 6.33. The third kappa shape index (κ3) is 4.14. The number of amides is 4. The van der Waals surface area contributed by atoms with Gasteiger partial charge in [-0.15, -0.1) is 0 Å². The molecule has 1 aliphatic rings. The Morgan fingerprint density at radius 3 is 2.59 bits per heavy atom. The minimum absolute atomic E-state index is 0.181. The lowest BCUT2D eigenvalue weighted by atomic mass is 10.1. The van der Waals surface area contributed by atoms with Crippen molar-refractivity contribution in [1.82, 2.24) is 5.32 Å². The highest BCUT2D eigenvalue weighted by Crippen LogP contribution is 2.31. The molecule has 1 saturated heterocycles.